The van der Waals surface area contributed by atoms with Crippen molar-refractivity contribution in [1.29, 1.82) is 0 Å². The molecular weight excluding hydrogens is 256 g/mol. The molecule has 0 bridgehead atoms. The zero-order chi connectivity index (χ0) is 14.3. The number of aliphatic carboxylic acids is 1. The minimum Gasteiger partial charge on any atom is -0.480 e. The minimum atomic E-state index is -1.01. The Balaban J connectivity index is 1.74. The highest BCUT2D eigenvalue weighted by Crippen LogP contribution is 2.41. The molecule has 5 nitrogen and oxygen atoms in total. The van der Waals surface area contributed by atoms with Gasteiger partial charge >= 0.3 is 5.97 Å². The summed E-state index contributed by atoms with van der Waals surface area (Å²) in [7, 11) is 0. The van der Waals surface area contributed by atoms with E-state index in [0.717, 1.165) is 36.1 Å². The van der Waals surface area contributed by atoms with E-state index >= 15 is 0 Å². The number of fused-ring (bicyclic) bond motifs is 2. The molecule has 0 amide bonds. The molecule has 4 atom stereocenters. The summed E-state index contributed by atoms with van der Waals surface area (Å²) >= 11 is 0. The van der Waals surface area contributed by atoms with Crippen LogP contribution in [0.5, 0.6) is 0 Å². The SMILES string of the molecule is CC1CCC2Cc3oc(C[C@@H](N)C(=O)O)nc3CC2C1. The number of carboxylic acids is 1. The smallest absolute Gasteiger partial charge is 0.321 e. The van der Waals surface area contributed by atoms with Crippen LogP contribution in [0, 0.1) is 17.8 Å². The molecule has 1 aromatic rings. The van der Waals surface area contributed by atoms with Crippen LogP contribution in [0.4, 0.5) is 0 Å². The normalized spacial score (nSPS) is 30.4. The molecule has 0 saturated heterocycles. The monoisotopic (exact) mass is 278 g/mol. The van der Waals surface area contributed by atoms with E-state index in [1.54, 1.807) is 0 Å². The predicted molar refractivity (Wildman–Crippen MR) is 73.2 cm³/mol. The lowest BCUT2D eigenvalue weighted by Gasteiger charge is -2.37. The second-order valence-electron chi connectivity index (χ2n) is 6.47. The molecule has 0 aromatic carbocycles. The van der Waals surface area contributed by atoms with E-state index in [4.69, 9.17) is 15.3 Å². The van der Waals surface area contributed by atoms with Crippen molar-refractivity contribution in [3.8, 4) is 0 Å². The topological polar surface area (TPSA) is 89.3 Å². The van der Waals surface area contributed by atoms with Crippen LogP contribution in [0.1, 0.15) is 43.5 Å². The lowest BCUT2D eigenvalue weighted by atomic mass is 9.68. The van der Waals surface area contributed by atoms with Gasteiger partial charge < -0.3 is 15.3 Å². The van der Waals surface area contributed by atoms with Crippen LogP contribution in [0.15, 0.2) is 4.42 Å². The second-order valence-corrected chi connectivity index (χ2v) is 6.47. The minimum absolute atomic E-state index is 0.175. The maximum atomic E-state index is 10.8. The van der Waals surface area contributed by atoms with Crippen LogP contribution in [0.2, 0.25) is 0 Å². The molecule has 110 valence electrons. The van der Waals surface area contributed by atoms with Gasteiger partial charge in [0.2, 0.25) is 0 Å². The number of carbonyl (C=O) groups is 1. The molecule has 2 aliphatic carbocycles. The van der Waals surface area contributed by atoms with Gasteiger partial charge in [-0.1, -0.05) is 13.3 Å². The third-order valence-corrected chi connectivity index (χ3v) is 4.84. The summed E-state index contributed by atoms with van der Waals surface area (Å²) < 4.78 is 5.75. The van der Waals surface area contributed by atoms with Crippen molar-refractivity contribution in [2.75, 3.05) is 0 Å². The summed E-state index contributed by atoms with van der Waals surface area (Å²) in [6.07, 6.45) is 5.98. The Labute approximate surface area is 118 Å². The van der Waals surface area contributed by atoms with E-state index in [0.29, 0.717) is 11.8 Å². The van der Waals surface area contributed by atoms with Gasteiger partial charge in [-0.2, -0.15) is 0 Å². The molecule has 1 heterocycles. The number of aromatic nitrogens is 1. The van der Waals surface area contributed by atoms with Gasteiger partial charge in [-0.3, -0.25) is 4.79 Å². The Hall–Kier alpha value is -1.36. The lowest BCUT2D eigenvalue weighted by molar-refractivity contribution is -0.138. The molecule has 2 aliphatic rings. The van der Waals surface area contributed by atoms with Gasteiger partial charge in [-0.05, 0) is 37.0 Å². The van der Waals surface area contributed by atoms with Crippen molar-refractivity contribution in [3.63, 3.8) is 0 Å². The number of oxazole rings is 1. The molecule has 3 rings (SSSR count). The van der Waals surface area contributed by atoms with Crippen molar-refractivity contribution in [1.82, 2.24) is 4.98 Å². The number of carboxylic acid groups (broad SMARTS) is 1. The molecule has 0 radical (unpaired) electrons. The van der Waals surface area contributed by atoms with Crippen LogP contribution >= 0.6 is 0 Å². The summed E-state index contributed by atoms with van der Waals surface area (Å²) in [5, 5.41) is 8.85. The van der Waals surface area contributed by atoms with Crippen LogP contribution in [0.3, 0.4) is 0 Å². The first kappa shape index (κ1) is 13.6. The van der Waals surface area contributed by atoms with Gasteiger partial charge in [-0.15, -0.1) is 0 Å². The Morgan fingerprint density at radius 2 is 2.25 bits per heavy atom. The maximum absolute atomic E-state index is 10.8. The predicted octanol–water partition coefficient (Wildman–Crippen LogP) is 1.78. The largest absolute Gasteiger partial charge is 0.480 e. The first-order valence-electron chi connectivity index (χ1n) is 7.48. The van der Waals surface area contributed by atoms with E-state index in [9.17, 15) is 4.79 Å². The summed E-state index contributed by atoms with van der Waals surface area (Å²) in [5.41, 5.74) is 6.58. The van der Waals surface area contributed by atoms with E-state index in [1.165, 1.54) is 19.3 Å². The molecular formula is C15H22N2O3. The third kappa shape index (κ3) is 2.59. The summed E-state index contributed by atoms with van der Waals surface area (Å²) in [6, 6.07) is -0.933. The Bertz CT molecular complexity index is 511. The van der Waals surface area contributed by atoms with Crippen molar-refractivity contribution in [3.05, 3.63) is 17.3 Å². The molecule has 1 fully saturated rings. The first-order chi connectivity index (χ1) is 9.52. The van der Waals surface area contributed by atoms with Gasteiger partial charge in [0.15, 0.2) is 5.89 Å². The average Bonchev–Trinajstić information content (AvgIpc) is 2.76. The highest BCUT2D eigenvalue weighted by Gasteiger charge is 2.35. The molecule has 3 unspecified atom stereocenters. The van der Waals surface area contributed by atoms with E-state index in [-0.39, 0.29) is 6.42 Å². The quantitative estimate of drug-likeness (QED) is 0.879. The highest BCUT2D eigenvalue weighted by molar-refractivity contribution is 5.73. The number of hydrogen-bond acceptors (Lipinski definition) is 4. The number of hydrogen-bond donors (Lipinski definition) is 2. The molecule has 0 aliphatic heterocycles. The Morgan fingerprint density at radius 1 is 1.45 bits per heavy atom. The molecule has 0 spiro atoms. The number of nitrogens with two attached hydrogens (primary N) is 1. The van der Waals surface area contributed by atoms with Crippen molar-refractivity contribution >= 4 is 5.97 Å². The third-order valence-electron chi connectivity index (χ3n) is 4.84. The fourth-order valence-electron chi connectivity index (χ4n) is 3.69. The lowest BCUT2D eigenvalue weighted by Crippen LogP contribution is -2.32. The highest BCUT2D eigenvalue weighted by atomic mass is 16.4. The average molecular weight is 278 g/mol. The van der Waals surface area contributed by atoms with E-state index in [1.807, 2.05) is 0 Å². The zero-order valence-corrected chi connectivity index (χ0v) is 11.8. The molecule has 20 heavy (non-hydrogen) atoms. The zero-order valence-electron chi connectivity index (χ0n) is 11.8. The first-order valence-corrected chi connectivity index (χ1v) is 7.48. The molecule has 1 aromatic heterocycles. The fraction of sp³-hybridized carbons (Fsp3) is 0.733. The molecule has 5 heteroatoms. The van der Waals surface area contributed by atoms with Gasteiger partial charge in [-0.25, -0.2) is 4.98 Å². The van der Waals surface area contributed by atoms with Crippen molar-refractivity contribution < 1.29 is 14.3 Å². The number of rotatable bonds is 3. The fourth-order valence-corrected chi connectivity index (χ4v) is 3.69. The van der Waals surface area contributed by atoms with Gasteiger partial charge in [0, 0.05) is 6.42 Å². The van der Waals surface area contributed by atoms with Crippen LogP contribution < -0.4 is 5.73 Å². The Morgan fingerprint density at radius 3 is 3.00 bits per heavy atom. The molecule has 3 N–H and O–H groups in total. The Kier molecular flexibility index (Phi) is 3.54. The second kappa shape index (κ2) is 5.20. The van der Waals surface area contributed by atoms with Gasteiger partial charge in [0.1, 0.15) is 11.8 Å². The van der Waals surface area contributed by atoms with Gasteiger partial charge in [0.25, 0.3) is 0 Å². The van der Waals surface area contributed by atoms with Crippen LogP contribution in [-0.2, 0) is 24.1 Å². The number of nitrogens with zero attached hydrogens (tertiary/aromatic N) is 1. The van der Waals surface area contributed by atoms with Gasteiger partial charge in [0.05, 0.1) is 12.1 Å². The van der Waals surface area contributed by atoms with Crippen LogP contribution in [0.25, 0.3) is 0 Å². The van der Waals surface area contributed by atoms with E-state index in [2.05, 4.69) is 11.9 Å². The molecule has 1 saturated carbocycles. The van der Waals surface area contributed by atoms with Crippen molar-refractivity contribution in [2.45, 2.75) is 51.5 Å². The standard InChI is InChI=1S/C15H22N2O3/c1-8-2-3-9-6-13-12(5-10(9)4-8)17-14(20-13)7-11(16)15(18)19/h8-11H,2-7,16H2,1H3,(H,18,19)/t8?,9?,10?,11-/m1/s1. The summed E-state index contributed by atoms with van der Waals surface area (Å²) in [5.74, 6) is 2.68. The summed E-state index contributed by atoms with van der Waals surface area (Å²) in [4.78, 5) is 15.3. The summed E-state index contributed by atoms with van der Waals surface area (Å²) in [6.45, 7) is 2.33. The van der Waals surface area contributed by atoms with E-state index < -0.39 is 12.0 Å². The van der Waals surface area contributed by atoms with Crippen LogP contribution in [-0.4, -0.2) is 22.1 Å². The van der Waals surface area contributed by atoms with Crippen molar-refractivity contribution in [2.24, 2.45) is 23.5 Å². The maximum Gasteiger partial charge on any atom is 0.321 e.